The first-order valence-corrected chi connectivity index (χ1v) is 9.61. The molecule has 2 aromatic heterocycles. The van der Waals surface area contributed by atoms with Crippen molar-refractivity contribution in [1.29, 1.82) is 0 Å². The topological polar surface area (TPSA) is 47.5 Å². The zero-order valence-electron chi connectivity index (χ0n) is 16.2. The Morgan fingerprint density at radius 1 is 1.33 bits per heavy atom. The van der Waals surface area contributed by atoms with Gasteiger partial charge in [0.15, 0.2) is 0 Å². The first kappa shape index (κ1) is 18.2. The Morgan fingerprint density at radius 3 is 3.00 bits per heavy atom. The van der Waals surface area contributed by atoms with E-state index >= 15 is 0 Å². The second-order valence-corrected chi connectivity index (χ2v) is 7.61. The molecule has 2 unspecified atom stereocenters. The Balaban J connectivity index is 1.44. The number of fused-ring (bicyclic) bond motifs is 1. The van der Waals surface area contributed by atoms with E-state index in [1.165, 1.54) is 5.56 Å². The third-order valence-electron chi connectivity index (χ3n) is 5.64. The molecule has 0 N–H and O–H groups in total. The maximum absolute atomic E-state index is 14.6. The Morgan fingerprint density at radius 2 is 2.19 bits per heavy atom. The fourth-order valence-corrected chi connectivity index (χ4v) is 4.19. The van der Waals surface area contributed by atoms with Crippen molar-refractivity contribution >= 4 is 0 Å². The number of ether oxygens (including phenoxy) is 2. The lowest BCUT2D eigenvalue weighted by molar-refractivity contribution is 0.240. The number of methoxy groups -OCH3 is 1. The summed E-state index contributed by atoms with van der Waals surface area (Å²) in [6.45, 7) is 6.50. The summed E-state index contributed by atoms with van der Waals surface area (Å²) in [7, 11) is 1.65. The van der Waals surface area contributed by atoms with Gasteiger partial charge in [0.1, 0.15) is 5.82 Å². The molecule has 2 aliphatic rings. The first-order valence-electron chi connectivity index (χ1n) is 9.61. The van der Waals surface area contributed by atoms with E-state index in [0.717, 1.165) is 43.6 Å². The summed E-state index contributed by atoms with van der Waals surface area (Å²) in [5, 5.41) is 0. The fourth-order valence-electron chi connectivity index (χ4n) is 4.19. The predicted molar refractivity (Wildman–Crippen MR) is 101 cm³/mol. The average Bonchev–Trinajstić information content (AvgIpc) is 3.28. The Bertz CT molecular complexity index is 842. The summed E-state index contributed by atoms with van der Waals surface area (Å²) in [5.41, 5.74) is 3.59. The number of nitrogens with zero attached hydrogens (tertiary/aromatic N) is 3. The van der Waals surface area contributed by atoms with Gasteiger partial charge in [0.2, 0.25) is 11.8 Å². The molecule has 2 aromatic rings. The molecule has 27 heavy (non-hydrogen) atoms. The number of likely N-dealkylation sites (tertiary alicyclic amines) is 1. The van der Waals surface area contributed by atoms with Crippen molar-refractivity contribution < 1.29 is 13.9 Å². The number of hydrogen-bond acceptors (Lipinski definition) is 5. The van der Waals surface area contributed by atoms with Gasteiger partial charge in [-0.2, -0.15) is 0 Å². The minimum absolute atomic E-state index is 0.0572. The summed E-state index contributed by atoms with van der Waals surface area (Å²) in [6.07, 6.45) is 2.82. The van der Waals surface area contributed by atoms with E-state index in [2.05, 4.69) is 20.9 Å². The molecule has 0 radical (unpaired) electrons. The maximum atomic E-state index is 14.6. The zero-order valence-corrected chi connectivity index (χ0v) is 16.2. The molecule has 0 saturated carbocycles. The molecule has 0 bridgehead atoms. The lowest BCUT2D eigenvalue weighted by Gasteiger charge is -2.24. The van der Waals surface area contributed by atoms with Crippen LogP contribution in [0.2, 0.25) is 0 Å². The van der Waals surface area contributed by atoms with Crippen molar-refractivity contribution in [1.82, 2.24) is 14.9 Å². The van der Waals surface area contributed by atoms with Crippen LogP contribution in [0.15, 0.2) is 18.2 Å². The molecule has 0 aromatic carbocycles. The van der Waals surface area contributed by atoms with Crippen molar-refractivity contribution in [3.05, 3.63) is 46.5 Å². The van der Waals surface area contributed by atoms with E-state index in [9.17, 15) is 4.39 Å². The van der Waals surface area contributed by atoms with E-state index in [-0.39, 0.29) is 11.9 Å². The summed E-state index contributed by atoms with van der Waals surface area (Å²) in [6, 6.07) is 5.67. The molecule has 144 valence electrons. The Labute approximate surface area is 159 Å². The Hall–Kier alpha value is -2.21. The van der Waals surface area contributed by atoms with E-state index in [1.54, 1.807) is 13.2 Å². The van der Waals surface area contributed by atoms with Crippen molar-refractivity contribution in [2.75, 3.05) is 26.8 Å². The molecule has 1 saturated heterocycles. The van der Waals surface area contributed by atoms with E-state index < -0.39 is 0 Å². The number of rotatable bonds is 5. The number of halogens is 1. The van der Waals surface area contributed by atoms with Crippen LogP contribution in [0.5, 0.6) is 11.8 Å². The summed E-state index contributed by atoms with van der Waals surface area (Å²) in [4.78, 5) is 11.2. The Kier molecular flexibility index (Phi) is 5.00. The highest BCUT2D eigenvalue weighted by atomic mass is 19.1. The predicted octanol–water partition coefficient (Wildman–Crippen LogP) is 3.49. The number of aryl methyl sites for hydroxylation is 1. The van der Waals surface area contributed by atoms with Crippen LogP contribution in [-0.4, -0.2) is 41.7 Å². The second kappa shape index (κ2) is 7.43. The van der Waals surface area contributed by atoms with Crippen molar-refractivity contribution in [3.8, 4) is 11.8 Å². The average molecular weight is 371 g/mol. The van der Waals surface area contributed by atoms with Gasteiger partial charge in [0.25, 0.3) is 0 Å². The minimum Gasteiger partial charge on any atom is -0.481 e. The monoisotopic (exact) mass is 371 g/mol. The van der Waals surface area contributed by atoms with Crippen LogP contribution in [0.1, 0.15) is 41.9 Å². The molecule has 4 heterocycles. The maximum Gasteiger partial charge on any atom is 0.217 e. The third kappa shape index (κ3) is 3.76. The van der Waals surface area contributed by atoms with Crippen LogP contribution < -0.4 is 9.47 Å². The molecule has 4 rings (SSSR count). The zero-order chi connectivity index (χ0) is 19.0. The first-order chi connectivity index (χ1) is 13.0. The van der Waals surface area contributed by atoms with Gasteiger partial charge < -0.3 is 9.47 Å². The van der Waals surface area contributed by atoms with Gasteiger partial charge in [-0.25, -0.2) is 14.4 Å². The van der Waals surface area contributed by atoms with Gasteiger partial charge in [0.05, 0.1) is 25.5 Å². The lowest BCUT2D eigenvalue weighted by atomic mass is 9.99. The highest BCUT2D eigenvalue weighted by Gasteiger charge is 2.30. The van der Waals surface area contributed by atoms with E-state index in [0.29, 0.717) is 30.0 Å². The smallest absolute Gasteiger partial charge is 0.217 e. The minimum atomic E-state index is -0.218. The largest absolute Gasteiger partial charge is 0.481 e. The van der Waals surface area contributed by atoms with Gasteiger partial charge in [-0.15, -0.1) is 0 Å². The molecule has 1 fully saturated rings. The molecule has 2 aliphatic heterocycles. The van der Waals surface area contributed by atoms with Gasteiger partial charge in [-0.1, -0.05) is 0 Å². The highest BCUT2D eigenvalue weighted by Crippen LogP contribution is 2.33. The number of pyridine rings is 2. The molecule has 5 nitrogen and oxygen atoms in total. The fraction of sp³-hybridized carbons (Fsp3) is 0.524. The summed E-state index contributed by atoms with van der Waals surface area (Å²) < 4.78 is 25.4. The lowest BCUT2D eigenvalue weighted by Crippen LogP contribution is -2.26. The quantitative estimate of drug-likeness (QED) is 0.805. The summed E-state index contributed by atoms with van der Waals surface area (Å²) in [5.74, 6) is 1.59. The van der Waals surface area contributed by atoms with Crippen LogP contribution in [0.4, 0.5) is 4.39 Å². The molecule has 0 aliphatic carbocycles. The van der Waals surface area contributed by atoms with Gasteiger partial charge >= 0.3 is 0 Å². The van der Waals surface area contributed by atoms with Crippen LogP contribution >= 0.6 is 0 Å². The standard InChI is InChI=1S/C21H26FN3O2/c1-13-8-16(10-19(23-13)26-3)9-15-4-6-25(12-15)14(2)20-18(22)11-17-5-7-27-21(17)24-20/h8,10-11,14-15H,4-7,9,12H2,1-3H3. The SMILES string of the molecule is COc1cc(CC2CCN(C(C)c3nc4c(cc3F)CCO4)C2)cc(C)n1. The summed E-state index contributed by atoms with van der Waals surface area (Å²) >= 11 is 0. The van der Waals surface area contributed by atoms with E-state index in [1.807, 2.05) is 19.9 Å². The van der Waals surface area contributed by atoms with Crippen molar-refractivity contribution in [2.24, 2.45) is 5.92 Å². The van der Waals surface area contributed by atoms with Crippen molar-refractivity contribution in [3.63, 3.8) is 0 Å². The van der Waals surface area contributed by atoms with Gasteiger partial charge in [-0.05, 0) is 56.8 Å². The van der Waals surface area contributed by atoms with Crippen LogP contribution in [0.3, 0.4) is 0 Å². The highest BCUT2D eigenvalue weighted by molar-refractivity contribution is 5.33. The van der Waals surface area contributed by atoms with Gasteiger partial charge in [0, 0.05) is 30.3 Å². The van der Waals surface area contributed by atoms with Crippen LogP contribution in [-0.2, 0) is 12.8 Å². The second-order valence-electron chi connectivity index (χ2n) is 7.61. The molecule has 0 spiro atoms. The normalized spacial score (nSPS) is 20.4. The van der Waals surface area contributed by atoms with E-state index in [4.69, 9.17) is 9.47 Å². The van der Waals surface area contributed by atoms with Crippen LogP contribution in [0, 0.1) is 18.7 Å². The third-order valence-corrected chi connectivity index (χ3v) is 5.64. The number of hydrogen-bond donors (Lipinski definition) is 0. The molecular weight excluding hydrogens is 345 g/mol. The van der Waals surface area contributed by atoms with Crippen LogP contribution in [0.25, 0.3) is 0 Å². The molecule has 6 heteroatoms. The van der Waals surface area contributed by atoms with Crippen molar-refractivity contribution in [2.45, 2.75) is 39.2 Å². The molecule has 2 atom stereocenters. The molecular formula is C21H26FN3O2. The number of aromatic nitrogens is 2. The van der Waals surface area contributed by atoms with Gasteiger partial charge in [-0.3, -0.25) is 4.90 Å². The molecule has 0 amide bonds.